The van der Waals surface area contributed by atoms with Crippen molar-refractivity contribution in [1.29, 1.82) is 0 Å². The van der Waals surface area contributed by atoms with E-state index in [9.17, 15) is 21.6 Å². The highest BCUT2D eigenvalue weighted by Gasteiger charge is 2.49. The molecule has 0 bridgehead atoms. The van der Waals surface area contributed by atoms with Gasteiger partial charge in [-0.25, -0.2) is 4.99 Å². The summed E-state index contributed by atoms with van der Waals surface area (Å²) in [4.78, 5) is 3.87. The quantitative estimate of drug-likeness (QED) is 0.584. The van der Waals surface area contributed by atoms with Gasteiger partial charge >= 0.3 is 15.6 Å². The normalized spacial score (nSPS) is 14.0. The molecule has 0 aromatic heterocycles. The monoisotopic (exact) mass is 343 g/mol. The zero-order valence-electron chi connectivity index (χ0n) is 11.2. The van der Waals surface area contributed by atoms with E-state index in [1.54, 1.807) is 24.3 Å². The van der Waals surface area contributed by atoms with Crippen LogP contribution < -0.4 is 4.74 Å². The minimum atomic E-state index is -5.85. The average molecular weight is 343 g/mol. The van der Waals surface area contributed by atoms with Crippen LogP contribution in [0, 0.1) is 0 Å². The van der Waals surface area contributed by atoms with Crippen molar-refractivity contribution in [1.82, 2.24) is 0 Å². The fourth-order valence-electron chi connectivity index (χ4n) is 1.87. The van der Waals surface area contributed by atoms with E-state index in [2.05, 4.69) is 9.18 Å². The second kappa shape index (κ2) is 5.27. The van der Waals surface area contributed by atoms with E-state index >= 15 is 0 Å². The highest BCUT2D eigenvalue weighted by Crippen LogP contribution is 2.38. The lowest BCUT2D eigenvalue weighted by molar-refractivity contribution is -0.0504. The number of alkyl halides is 3. The standard InChI is InChI=1S/C14H8F3NO4S/c15-14(16,17)23(19,20)22-13-9-5-1-3-7-11(9)21-12-8-4-2-6-10(12)18-13/h1-8H. The number of para-hydroxylation sites is 3. The van der Waals surface area contributed by atoms with Crippen LogP contribution in [-0.2, 0) is 14.3 Å². The summed E-state index contributed by atoms with van der Waals surface area (Å²) in [6.45, 7) is 0. The predicted molar refractivity (Wildman–Crippen MR) is 75.2 cm³/mol. The molecule has 1 aliphatic rings. The van der Waals surface area contributed by atoms with Gasteiger partial charge in [0.2, 0.25) is 5.90 Å². The van der Waals surface area contributed by atoms with Crippen LogP contribution in [0.5, 0.6) is 11.5 Å². The second-order valence-electron chi connectivity index (χ2n) is 4.47. The van der Waals surface area contributed by atoms with Crippen LogP contribution in [0.4, 0.5) is 18.9 Å². The lowest BCUT2D eigenvalue weighted by atomic mass is 10.2. The van der Waals surface area contributed by atoms with E-state index in [0.29, 0.717) is 0 Å². The first-order valence-electron chi connectivity index (χ1n) is 6.24. The van der Waals surface area contributed by atoms with E-state index in [4.69, 9.17) is 4.74 Å². The van der Waals surface area contributed by atoms with Gasteiger partial charge in [-0.05, 0) is 24.3 Å². The van der Waals surface area contributed by atoms with Crippen molar-refractivity contribution >= 4 is 21.7 Å². The first kappa shape index (κ1) is 15.3. The zero-order chi connectivity index (χ0) is 16.7. The van der Waals surface area contributed by atoms with Gasteiger partial charge in [-0.3, -0.25) is 0 Å². The molecule has 3 rings (SSSR count). The van der Waals surface area contributed by atoms with Crippen molar-refractivity contribution in [3.05, 3.63) is 54.1 Å². The summed E-state index contributed by atoms with van der Waals surface area (Å²) in [7, 11) is -5.85. The van der Waals surface area contributed by atoms with Crippen molar-refractivity contribution in [3.63, 3.8) is 0 Å². The molecule has 2 aromatic rings. The van der Waals surface area contributed by atoms with Crippen LogP contribution in [0.3, 0.4) is 0 Å². The molecule has 0 spiro atoms. The molecule has 9 heteroatoms. The third kappa shape index (κ3) is 2.87. The summed E-state index contributed by atoms with van der Waals surface area (Å²) in [5.74, 6) is -0.306. The van der Waals surface area contributed by atoms with Gasteiger partial charge in [-0.15, -0.1) is 0 Å². The number of rotatable bonds is 1. The van der Waals surface area contributed by atoms with E-state index in [-0.39, 0.29) is 22.7 Å². The smallest absolute Gasteiger partial charge is 0.454 e. The first-order valence-corrected chi connectivity index (χ1v) is 7.64. The molecule has 0 fully saturated rings. The Morgan fingerprint density at radius 3 is 2.26 bits per heavy atom. The Morgan fingerprint density at radius 2 is 1.57 bits per heavy atom. The fourth-order valence-corrected chi connectivity index (χ4v) is 2.30. The Bertz CT molecular complexity index is 891. The molecule has 5 nitrogen and oxygen atoms in total. The van der Waals surface area contributed by atoms with Crippen molar-refractivity contribution in [3.8, 4) is 11.5 Å². The molecule has 0 radical (unpaired) electrons. The van der Waals surface area contributed by atoms with Gasteiger partial charge in [-0.2, -0.15) is 21.6 Å². The van der Waals surface area contributed by atoms with Gasteiger partial charge in [0.25, 0.3) is 0 Å². The Labute approximate surface area is 129 Å². The summed E-state index contributed by atoms with van der Waals surface area (Å²) in [5, 5.41) is 0. The van der Waals surface area contributed by atoms with Gasteiger partial charge in [0.05, 0.1) is 5.56 Å². The van der Waals surface area contributed by atoms with E-state index < -0.39 is 21.5 Å². The number of fused-ring (bicyclic) bond motifs is 2. The Morgan fingerprint density at radius 1 is 0.957 bits per heavy atom. The molecule has 120 valence electrons. The molecule has 0 saturated carbocycles. The van der Waals surface area contributed by atoms with Crippen molar-refractivity contribution in [2.45, 2.75) is 5.51 Å². The topological polar surface area (TPSA) is 65.0 Å². The molecule has 0 aliphatic carbocycles. The molecule has 0 amide bonds. The first-order chi connectivity index (χ1) is 10.8. The van der Waals surface area contributed by atoms with Crippen LogP contribution in [0.1, 0.15) is 5.56 Å². The summed E-state index contributed by atoms with van der Waals surface area (Å²) in [6, 6.07) is 12.1. The van der Waals surface area contributed by atoms with Gasteiger partial charge in [0.1, 0.15) is 11.4 Å². The molecule has 1 heterocycles. The number of hydrogen-bond acceptors (Lipinski definition) is 5. The lowest BCUT2D eigenvalue weighted by Gasteiger charge is -2.12. The lowest BCUT2D eigenvalue weighted by Crippen LogP contribution is -2.28. The third-order valence-corrected chi connectivity index (χ3v) is 3.84. The van der Waals surface area contributed by atoms with E-state index in [1.165, 1.54) is 24.3 Å². The van der Waals surface area contributed by atoms with E-state index in [0.717, 1.165) is 0 Å². The Kier molecular flexibility index (Phi) is 3.52. The maximum atomic E-state index is 12.6. The Balaban J connectivity index is 2.16. The summed E-state index contributed by atoms with van der Waals surface area (Å²) >= 11 is 0. The molecule has 0 unspecified atom stereocenters. The molecule has 2 aromatic carbocycles. The van der Waals surface area contributed by atoms with Crippen molar-refractivity contribution < 1.29 is 30.5 Å². The number of ether oxygens (including phenoxy) is 1. The third-order valence-electron chi connectivity index (χ3n) is 2.90. The molecular formula is C14H8F3NO4S. The molecule has 0 N–H and O–H groups in total. The Hall–Kier alpha value is -2.55. The number of halogens is 3. The minimum absolute atomic E-state index is 0.00322. The highest BCUT2D eigenvalue weighted by molar-refractivity contribution is 7.88. The minimum Gasteiger partial charge on any atom is -0.454 e. The maximum Gasteiger partial charge on any atom is 0.534 e. The summed E-state index contributed by atoms with van der Waals surface area (Å²) in [5.41, 5.74) is -5.41. The van der Waals surface area contributed by atoms with Crippen LogP contribution >= 0.6 is 0 Å². The average Bonchev–Trinajstić information content (AvgIpc) is 2.62. The number of nitrogens with zero attached hydrogens (tertiary/aromatic N) is 1. The second-order valence-corrected chi connectivity index (χ2v) is 6.00. The summed E-state index contributed by atoms with van der Waals surface area (Å²) in [6.07, 6.45) is 0. The van der Waals surface area contributed by atoms with Gasteiger partial charge in [-0.1, -0.05) is 24.3 Å². The fraction of sp³-hybridized carbons (Fsp3) is 0.0714. The largest absolute Gasteiger partial charge is 0.534 e. The van der Waals surface area contributed by atoms with Crippen molar-refractivity contribution in [2.75, 3.05) is 0 Å². The van der Waals surface area contributed by atoms with Gasteiger partial charge in [0, 0.05) is 0 Å². The molecular weight excluding hydrogens is 335 g/mol. The molecule has 23 heavy (non-hydrogen) atoms. The van der Waals surface area contributed by atoms with Crippen LogP contribution in [0.25, 0.3) is 0 Å². The van der Waals surface area contributed by atoms with Gasteiger partial charge in [0.15, 0.2) is 5.75 Å². The van der Waals surface area contributed by atoms with Crippen LogP contribution in [-0.4, -0.2) is 19.8 Å². The number of hydrogen-bond donors (Lipinski definition) is 0. The zero-order valence-corrected chi connectivity index (χ0v) is 12.1. The number of aliphatic imine (C=N–C) groups is 1. The van der Waals surface area contributed by atoms with Crippen LogP contribution in [0.2, 0.25) is 0 Å². The molecule has 1 aliphatic heterocycles. The summed E-state index contributed by atoms with van der Waals surface area (Å²) < 4.78 is 70.0. The highest BCUT2D eigenvalue weighted by atomic mass is 32.2. The molecule has 0 saturated heterocycles. The predicted octanol–water partition coefficient (Wildman–Crippen LogP) is 3.74. The number of benzene rings is 2. The van der Waals surface area contributed by atoms with Crippen molar-refractivity contribution in [2.24, 2.45) is 4.99 Å². The molecule has 0 atom stereocenters. The van der Waals surface area contributed by atoms with E-state index in [1.807, 2.05) is 0 Å². The maximum absolute atomic E-state index is 12.6. The van der Waals surface area contributed by atoms with Crippen LogP contribution in [0.15, 0.2) is 53.5 Å². The SMILES string of the molecule is O=S(=O)(OC1=Nc2ccccc2Oc2ccccc21)C(F)(F)F. The van der Waals surface area contributed by atoms with Gasteiger partial charge < -0.3 is 8.92 Å².